The zero-order valence-corrected chi connectivity index (χ0v) is 18.3. The molecule has 0 bridgehead atoms. The van der Waals surface area contributed by atoms with Crippen LogP contribution in [0.1, 0.15) is 5.56 Å². The Kier molecular flexibility index (Phi) is 5.83. The van der Waals surface area contributed by atoms with Gasteiger partial charge in [0.25, 0.3) is 0 Å². The lowest BCUT2D eigenvalue weighted by Crippen LogP contribution is -2.49. The summed E-state index contributed by atoms with van der Waals surface area (Å²) in [5.41, 5.74) is 2.74. The zero-order chi connectivity index (χ0) is 21.9. The Morgan fingerprint density at radius 3 is 2.50 bits per heavy atom. The number of halogens is 1. The largest absolute Gasteiger partial charge is 0.351 e. The molecule has 9 heteroatoms. The molecule has 4 aromatic rings. The van der Waals surface area contributed by atoms with E-state index in [1.807, 2.05) is 36.5 Å². The number of anilines is 1. The summed E-state index contributed by atoms with van der Waals surface area (Å²) >= 11 is 1.54. The third-order valence-electron chi connectivity index (χ3n) is 5.52. The number of rotatable bonds is 6. The number of amides is 1. The molecule has 1 fully saturated rings. The molecule has 1 saturated heterocycles. The second-order valence-electron chi connectivity index (χ2n) is 7.77. The lowest BCUT2D eigenvalue weighted by molar-refractivity contribution is -0.122. The average molecular weight is 451 g/mol. The molecule has 32 heavy (non-hydrogen) atoms. The lowest BCUT2D eigenvalue weighted by Gasteiger charge is -2.33. The first-order valence-corrected chi connectivity index (χ1v) is 11.4. The topological polar surface area (TPSA) is 65.8 Å². The molecule has 0 radical (unpaired) electrons. The molecular formula is C23H23FN6OS. The first kappa shape index (κ1) is 20.6. The van der Waals surface area contributed by atoms with Gasteiger partial charge in [0.15, 0.2) is 0 Å². The van der Waals surface area contributed by atoms with Gasteiger partial charge in [0.05, 0.1) is 18.4 Å². The molecule has 1 N–H and O–H groups in total. The van der Waals surface area contributed by atoms with Crippen molar-refractivity contribution in [1.82, 2.24) is 24.8 Å². The van der Waals surface area contributed by atoms with Gasteiger partial charge < -0.3 is 10.2 Å². The summed E-state index contributed by atoms with van der Waals surface area (Å²) < 4.78 is 14.9. The fourth-order valence-electron chi connectivity index (χ4n) is 3.73. The molecule has 5 rings (SSSR count). The number of hydrogen-bond acceptors (Lipinski definition) is 6. The summed E-state index contributed by atoms with van der Waals surface area (Å²) in [5.74, 6) is -0.216. The van der Waals surface area contributed by atoms with Gasteiger partial charge in [-0.2, -0.15) is 0 Å². The van der Waals surface area contributed by atoms with E-state index in [1.54, 1.807) is 16.6 Å². The van der Waals surface area contributed by atoms with Crippen LogP contribution in [0.5, 0.6) is 0 Å². The van der Waals surface area contributed by atoms with Crippen molar-refractivity contribution >= 4 is 27.3 Å². The maximum Gasteiger partial charge on any atom is 0.234 e. The van der Waals surface area contributed by atoms with Crippen molar-refractivity contribution in [2.45, 2.75) is 6.54 Å². The molecule has 0 atom stereocenters. The number of benzene rings is 2. The number of carbonyl (C=O) groups is 1. The van der Waals surface area contributed by atoms with E-state index in [-0.39, 0.29) is 11.7 Å². The number of hydrogen-bond donors (Lipinski definition) is 1. The van der Waals surface area contributed by atoms with E-state index in [2.05, 4.69) is 25.2 Å². The molecule has 3 heterocycles. The molecule has 0 aliphatic carbocycles. The Morgan fingerprint density at radius 1 is 1.03 bits per heavy atom. The summed E-state index contributed by atoms with van der Waals surface area (Å²) in [4.78, 5) is 22.1. The van der Waals surface area contributed by atoms with E-state index in [1.165, 1.54) is 23.5 Å². The van der Waals surface area contributed by atoms with Gasteiger partial charge in [-0.3, -0.25) is 9.69 Å². The first-order chi connectivity index (χ1) is 15.6. The average Bonchev–Trinajstić information content (AvgIpc) is 3.39. The second kappa shape index (κ2) is 9.05. The van der Waals surface area contributed by atoms with Gasteiger partial charge in [0.2, 0.25) is 16.0 Å². The van der Waals surface area contributed by atoms with Gasteiger partial charge in [0, 0.05) is 38.3 Å². The molecule has 1 amide bonds. The molecule has 0 saturated carbocycles. The van der Waals surface area contributed by atoms with Crippen LogP contribution in [-0.2, 0) is 11.3 Å². The molecular weight excluding hydrogens is 427 g/mol. The van der Waals surface area contributed by atoms with Crippen LogP contribution in [0, 0.1) is 5.82 Å². The number of imidazole rings is 1. The van der Waals surface area contributed by atoms with Crippen LogP contribution in [0.25, 0.3) is 16.2 Å². The van der Waals surface area contributed by atoms with Crippen LogP contribution >= 0.6 is 11.3 Å². The van der Waals surface area contributed by atoms with E-state index >= 15 is 0 Å². The van der Waals surface area contributed by atoms with Crippen molar-refractivity contribution in [3.8, 4) is 11.3 Å². The van der Waals surface area contributed by atoms with E-state index < -0.39 is 0 Å². The quantitative estimate of drug-likeness (QED) is 0.489. The van der Waals surface area contributed by atoms with E-state index in [0.717, 1.165) is 53.1 Å². The van der Waals surface area contributed by atoms with Crippen molar-refractivity contribution < 1.29 is 9.18 Å². The third-order valence-corrected chi connectivity index (χ3v) is 6.50. The predicted octanol–water partition coefficient (Wildman–Crippen LogP) is 3.04. The van der Waals surface area contributed by atoms with Gasteiger partial charge in [-0.1, -0.05) is 41.7 Å². The molecule has 7 nitrogen and oxygen atoms in total. The highest BCUT2D eigenvalue weighted by molar-refractivity contribution is 7.20. The SMILES string of the molecule is O=C(CN1CCN(c2nn3cc(-c4ccc(F)cc4)nc3s2)CC1)NCc1ccccc1. The molecule has 0 unspecified atom stereocenters. The van der Waals surface area contributed by atoms with Crippen molar-refractivity contribution in [2.24, 2.45) is 0 Å². The fourth-order valence-corrected chi connectivity index (χ4v) is 4.66. The molecule has 164 valence electrons. The molecule has 1 aliphatic heterocycles. The smallest absolute Gasteiger partial charge is 0.234 e. The van der Waals surface area contributed by atoms with Gasteiger partial charge in [0.1, 0.15) is 5.82 Å². The number of piperazine rings is 1. The Balaban J connectivity index is 1.14. The van der Waals surface area contributed by atoms with E-state index in [0.29, 0.717) is 13.1 Å². The van der Waals surface area contributed by atoms with Crippen LogP contribution in [0.2, 0.25) is 0 Å². The predicted molar refractivity (Wildman–Crippen MR) is 123 cm³/mol. The van der Waals surface area contributed by atoms with E-state index in [4.69, 9.17) is 0 Å². The number of aromatic nitrogens is 3. The Labute approximate surface area is 189 Å². The number of carbonyl (C=O) groups excluding carboxylic acids is 1. The summed E-state index contributed by atoms with van der Waals surface area (Å²) in [6.45, 7) is 4.20. The monoisotopic (exact) mass is 450 g/mol. The Morgan fingerprint density at radius 2 is 1.78 bits per heavy atom. The van der Waals surface area contributed by atoms with Crippen molar-refractivity contribution in [3.05, 3.63) is 72.2 Å². The van der Waals surface area contributed by atoms with Crippen LogP contribution in [-0.4, -0.2) is 58.1 Å². The minimum absolute atomic E-state index is 0.0448. The summed E-state index contributed by atoms with van der Waals surface area (Å²) in [5, 5.41) is 8.59. The zero-order valence-electron chi connectivity index (χ0n) is 17.4. The van der Waals surface area contributed by atoms with E-state index in [9.17, 15) is 9.18 Å². The van der Waals surface area contributed by atoms with Crippen molar-refractivity contribution in [2.75, 3.05) is 37.6 Å². The maximum atomic E-state index is 13.1. The minimum Gasteiger partial charge on any atom is -0.351 e. The standard InChI is InChI=1S/C23H23FN6OS/c24-19-8-6-18(7-9-19)20-15-30-22(26-20)32-23(27-30)29-12-10-28(11-13-29)16-21(31)25-14-17-4-2-1-3-5-17/h1-9,15H,10-14,16H2,(H,25,31). The Bertz CT molecular complexity index is 1170. The second-order valence-corrected chi connectivity index (χ2v) is 8.70. The van der Waals surface area contributed by atoms with Gasteiger partial charge in [-0.05, 0) is 29.8 Å². The molecule has 2 aromatic heterocycles. The highest BCUT2D eigenvalue weighted by Gasteiger charge is 2.22. The summed E-state index contributed by atoms with van der Waals surface area (Å²) in [6, 6.07) is 16.2. The molecule has 1 aliphatic rings. The minimum atomic E-state index is -0.261. The summed E-state index contributed by atoms with van der Waals surface area (Å²) in [6.07, 6.45) is 1.87. The highest BCUT2D eigenvalue weighted by Crippen LogP contribution is 2.27. The number of nitrogens with one attached hydrogen (secondary N) is 1. The van der Waals surface area contributed by atoms with Crippen molar-refractivity contribution in [1.29, 1.82) is 0 Å². The maximum absolute atomic E-state index is 13.1. The van der Waals surface area contributed by atoms with Crippen molar-refractivity contribution in [3.63, 3.8) is 0 Å². The van der Waals surface area contributed by atoms with Gasteiger partial charge in [-0.25, -0.2) is 13.9 Å². The third kappa shape index (κ3) is 4.63. The van der Waals surface area contributed by atoms with Crippen LogP contribution in [0.3, 0.4) is 0 Å². The highest BCUT2D eigenvalue weighted by atomic mass is 32.1. The number of nitrogens with zero attached hydrogens (tertiary/aromatic N) is 5. The van der Waals surface area contributed by atoms with Crippen LogP contribution in [0.4, 0.5) is 9.52 Å². The molecule has 0 spiro atoms. The summed E-state index contributed by atoms with van der Waals surface area (Å²) in [7, 11) is 0. The van der Waals surface area contributed by atoms with Crippen LogP contribution in [0.15, 0.2) is 60.8 Å². The number of fused-ring (bicyclic) bond motifs is 1. The van der Waals surface area contributed by atoms with Gasteiger partial charge >= 0.3 is 0 Å². The van der Waals surface area contributed by atoms with Gasteiger partial charge in [-0.15, -0.1) is 5.10 Å². The fraction of sp³-hybridized carbons (Fsp3) is 0.261. The molecule has 2 aromatic carbocycles. The normalized spacial score (nSPS) is 14.7. The Hall–Kier alpha value is -3.30. The lowest BCUT2D eigenvalue weighted by atomic mass is 10.2. The van der Waals surface area contributed by atoms with Crippen LogP contribution < -0.4 is 10.2 Å². The first-order valence-electron chi connectivity index (χ1n) is 10.5.